The van der Waals surface area contributed by atoms with Crippen molar-refractivity contribution in [3.63, 3.8) is 0 Å². The molecule has 0 saturated carbocycles. The number of nitrogens with two attached hydrogens (primary N) is 1. The molecule has 0 aliphatic carbocycles. The number of hydrogen-bond donors (Lipinski definition) is 2. The van der Waals surface area contributed by atoms with Crippen LogP contribution in [-0.4, -0.2) is 50.6 Å². The largest absolute Gasteiger partial charge is 0.477 e. The zero-order valence-corrected chi connectivity index (χ0v) is 13.3. The first-order chi connectivity index (χ1) is 10.1. The minimum atomic E-state index is -1.21. The summed E-state index contributed by atoms with van der Waals surface area (Å²) in [6, 6.07) is -0.671. The van der Waals surface area contributed by atoms with Gasteiger partial charge in [0.05, 0.1) is 0 Å². The van der Waals surface area contributed by atoms with Gasteiger partial charge >= 0.3 is 11.9 Å². The van der Waals surface area contributed by atoms with E-state index in [0.717, 1.165) is 0 Å². The van der Waals surface area contributed by atoms with Crippen molar-refractivity contribution in [1.82, 2.24) is 4.90 Å². The summed E-state index contributed by atoms with van der Waals surface area (Å²) in [5, 5.41) is 8.98. The normalized spacial score (nSPS) is 25.1. The number of carbonyl (C=O) groups excluding carboxylic acids is 2. The Labute approximate surface area is 132 Å². The minimum Gasteiger partial charge on any atom is -0.477 e. The minimum absolute atomic E-state index is 0.116. The molecule has 0 aromatic heterocycles. The molecule has 2 aliphatic rings. The number of allylic oxidation sites excluding steroid dienone is 1. The average Bonchev–Trinajstić information content (AvgIpc) is 2.41. The highest BCUT2D eigenvalue weighted by molar-refractivity contribution is 8.00. The fourth-order valence-corrected chi connectivity index (χ4v) is 3.44. The third-order valence-electron chi connectivity index (χ3n) is 3.07. The third kappa shape index (κ3) is 3.17. The summed E-state index contributed by atoms with van der Waals surface area (Å²) in [6.45, 7) is 5.21. The molecule has 0 aromatic carbocycles. The van der Waals surface area contributed by atoms with Crippen LogP contribution in [-0.2, 0) is 19.1 Å². The predicted molar refractivity (Wildman–Crippen MR) is 80.7 cm³/mol. The summed E-state index contributed by atoms with van der Waals surface area (Å²) in [5.74, 6) is -1.83. The van der Waals surface area contributed by atoms with Crippen molar-refractivity contribution < 1.29 is 24.2 Å². The zero-order valence-electron chi connectivity index (χ0n) is 12.5. The molecule has 2 heterocycles. The summed E-state index contributed by atoms with van der Waals surface area (Å²) in [4.78, 5) is 36.0. The first-order valence-electron chi connectivity index (χ1n) is 6.69. The van der Waals surface area contributed by atoms with Crippen LogP contribution in [0.15, 0.2) is 23.4 Å². The van der Waals surface area contributed by atoms with Crippen LogP contribution in [0.5, 0.6) is 0 Å². The molecule has 2 atom stereocenters. The second kappa shape index (κ2) is 5.77. The van der Waals surface area contributed by atoms with E-state index in [1.165, 1.54) is 28.8 Å². The molecule has 2 rings (SSSR count). The Kier molecular flexibility index (Phi) is 4.35. The maximum absolute atomic E-state index is 11.8. The highest BCUT2D eigenvalue weighted by atomic mass is 32.2. The summed E-state index contributed by atoms with van der Waals surface area (Å²) >= 11 is 1.37. The standard InChI is InChI=1S/C14H18N2O5S/c1-14(2,3)21-8(17)5-4-7-6-22-12-9(15)11(18)16(12)10(7)13(19)20/h4-5,9,12H,6,15H2,1-3H3,(H,19,20)/b5-4+/t9?,12-/m0/s1. The number of nitrogens with zero attached hydrogens (tertiary/aromatic N) is 1. The molecule has 1 fully saturated rings. The average molecular weight is 326 g/mol. The molecule has 7 nitrogen and oxygen atoms in total. The van der Waals surface area contributed by atoms with Gasteiger partial charge in [-0.05, 0) is 32.4 Å². The maximum Gasteiger partial charge on any atom is 0.352 e. The van der Waals surface area contributed by atoms with Gasteiger partial charge in [-0.1, -0.05) is 0 Å². The van der Waals surface area contributed by atoms with Crippen LogP contribution in [0.3, 0.4) is 0 Å². The predicted octanol–water partition coefficient (Wildman–Crippen LogP) is 0.465. The van der Waals surface area contributed by atoms with Crippen LogP contribution in [0.25, 0.3) is 0 Å². The van der Waals surface area contributed by atoms with E-state index in [9.17, 15) is 19.5 Å². The topological polar surface area (TPSA) is 110 Å². The molecule has 0 radical (unpaired) electrons. The Morgan fingerprint density at radius 1 is 1.45 bits per heavy atom. The fourth-order valence-electron chi connectivity index (χ4n) is 2.17. The zero-order chi connectivity index (χ0) is 16.7. The number of carbonyl (C=O) groups is 3. The smallest absolute Gasteiger partial charge is 0.352 e. The van der Waals surface area contributed by atoms with Crippen molar-refractivity contribution in [3.05, 3.63) is 23.4 Å². The molecule has 1 saturated heterocycles. The van der Waals surface area contributed by atoms with E-state index in [2.05, 4.69) is 0 Å². The van der Waals surface area contributed by atoms with Gasteiger partial charge in [-0.3, -0.25) is 9.69 Å². The molecule has 0 bridgehead atoms. The van der Waals surface area contributed by atoms with Crippen molar-refractivity contribution in [3.8, 4) is 0 Å². The van der Waals surface area contributed by atoms with Gasteiger partial charge in [-0.25, -0.2) is 9.59 Å². The van der Waals surface area contributed by atoms with E-state index < -0.39 is 29.5 Å². The van der Waals surface area contributed by atoms with Crippen LogP contribution in [0.2, 0.25) is 0 Å². The second-order valence-corrected chi connectivity index (χ2v) is 7.09. The Hall–Kier alpha value is -1.80. The summed E-state index contributed by atoms with van der Waals surface area (Å²) in [7, 11) is 0. The molecule has 120 valence electrons. The number of β-lactam (4-membered cyclic amide) rings is 1. The lowest BCUT2D eigenvalue weighted by atomic mass is 10.0. The monoisotopic (exact) mass is 326 g/mol. The quantitative estimate of drug-likeness (QED) is 0.440. The SMILES string of the molecule is CC(C)(C)OC(=O)/C=C/C1=C(C(=O)O)N2C(=O)C(N)[C@@H]2SC1. The lowest BCUT2D eigenvalue weighted by molar-refractivity contribution is -0.148. The van der Waals surface area contributed by atoms with E-state index in [4.69, 9.17) is 10.5 Å². The van der Waals surface area contributed by atoms with Crippen LogP contribution < -0.4 is 5.73 Å². The van der Waals surface area contributed by atoms with Crippen molar-refractivity contribution in [2.45, 2.75) is 37.8 Å². The third-order valence-corrected chi connectivity index (χ3v) is 4.39. The molecular weight excluding hydrogens is 308 g/mol. The number of amides is 1. The first kappa shape index (κ1) is 16.6. The summed E-state index contributed by atoms with van der Waals surface area (Å²) in [6.07, 6.45) is 2.56. The number of aliphatic carboxylic acids is 1. The number of carboxylic acids is 1. The van der Waals surface area contributed by atoms with Crippen molar-refractivity contribution in [2.24, 2.45) is 5.73 Å². The number of carboxylic acid groups (broad SMARTS) is 1. The van der Waals surface area contributed by atoms with Crippen LogP contribution >= 0.6 is 11.8 Å². The van der Waals surface area contributed by atoms with Crippen molar-refractivity contribution in [1.29, 1.82) is 0 Å². The van der Waals surface area contributed by atoms with E-state index in [-0.39, 0.29) is 11.1 Å². The molecule has 22 heavy (non-hydrogen) atoms. The van der Waals surface area contributed by atoms with Crippen LogP contribution in [0, 0.1) is 0 Å². The Morgan fingerprint density at radius 3 is 2.64 bits per heavy atom. The summed E-state index contributed by atoms with van der Waals surface area (Å²) in [5.41, 5.74) is 5.30. The van der Waals surface area contributed by atoms with Gasteiger partial charge in [0.2, 0.25) is 5.91 Å². The highest BCUT2D eigenvalue weighted by Gasteiger charge is 2.51. The second-order valence-electron chi connectivity index (χ2n) is 5.98. The Morgan fingerprint density at radius 2 is 2.09 bits per heavy atom. The molecular formula is C14H18N2O5S. The lowest BCUT2D eigenvalue weighted by Gasteiger charge is -2.47. The Bertz CT molecular complexity index is 591. The molecule has 1 unspecified atom stereocenters. The molecule has 0 spiro atoms. The Balaban J connectivity index is 2.22. The van der Waals surface area contributed by atoms with E-state index in [1.807, 2.05) is 0 Å². The first-order valence-corrected chi connectivity index (χ1v) is 7.74. The van der Waals surface area contributed by atoms with Crippen LogP contribution in [0.1, 0.15) is 20.8 Å². The van der Waals surface area contributed by atoms with Gasteiger partial charge in [0.1, 0.15) is 22.7 Å². The summed E-state index contributed by atoms with van der Waals surface area (Å²) < 4.78 is 5.12. The van der Waals surface area contributed by atoms with Gasteiger partial charge in [-0.15, -0.1) is 11.8 Å². The molecule has 0 aromatic rings. The highest BCUT2D eigenvalue weighted by Crippen LogP contribution is 2.39. The number of fused-ring (bicyclic) bond motifs is 1. The van der Waals surface area contributed by atoms with E-state index in [1.54, 1.807) is 20.8 Å². The fraction of sp³-hybridized carbons (Fsp3) is 0.500. The van der Waals surface area contributed by atoms with Gasteiger partial charge in [0.15, 0.2) is 0 Å². The van der Waals surface area contributed by atoms with Crippen molar-refractivity contribution in [2.75, 3.05) is 5.75 Å². The number of rotatable bonds is 3. The number of ether oxygens (including phenoxy) is 1. The van der Waals surface area contributed by atoms with Gasteiger partial charge in [0, 0.05) is 11.8 Å². The van der Waals surface area contributed by atoms with Crippen LogP contribution in [0.4, 0.5) is 0 Å². The van der Waals surface area contributed by atoms with E-state index >= 15 is 0 Å². The molecule has 2 aliphatic heterocycles. The van der Waals surface area contributed by atoms with Gasteiger partial charge in [0.25, 0.3) is 0 Å². The molecule has 3 N–H and O–H groups in total. The number of thioether (sulfide) groups is 1. The number of hydrogen-bond acceptors (Lipinski definition) is 6. The lowest BCUT2D eigenvalue weighted by Crippen LogP contribution is -2.68. The van der Waals surface area contributed by atoms with E-state index in [0.29, 0.717) is 11.3 Å². The van der Waals surface area contributed by atoms with Gasteiger partial charge in [-0.2, -0.15) is 0 Å². The van der Waals surface area contributed by atoms with Gasteiger partial charge < -0.3 is 15.6 Å². The van der Waals surface area contributed by atoms with Crippen molar-refractivity contribution >= 4 is 29.6 Å². The molecule has 8 heteroatoms. The number of esters is 1. The maximum atomic E-state index is 11.8. The molecule has 1 amide bonds.